The summed E-state index contributed by atoms with van der Waals surface area (Å²) in [6, 6.07) is 2.20. The quantitative estimate of drug-likeness (QED) is 0.681. The van der Waals surface area contributed by atoms with Crippen LogP contribution in [0.2, 0.25) is 0 Å². The third-order valence-electron chi connectivity index (χ3n) is 3.20. The molecule has 0 saturated heterocycles. The van der Waals surface area contributed by atoms with Gasteiger partial charge in [-0.15, -0.1) is 11.3 Å². The Hall–Kier alpha value is -1.67. The first kappa shape index (κ1) is 13.8. The Labute approximate surface area is 116 Å². The molecule has 1 heterocycles. The van der Waals surface area contributed by atoms with Crippen molar-refractivity contribution in [3.8, 4) is 6.07 Å². The van der Waals surface area contributed by atoms with Crippen molar-refractivity contribution < 1.29 is 9.59 Å². The summed E-state index contributed by atoms with van der Waals surface area (Å²) >= 11 is 1.49. The van der Waals surface area contributed by atoms with Gasteiger partial charge in [0, 0.05) is 4.88 Å². The normalized spacial score (nSPS) is 14.1. The molecule has 2 rings (SSSR count). The van der Waals surface area contributed by atoms with Gasteiger partial charge >= 0.3 is 0 Å². The van der Waals surface area contributed by atoms with Crippen LogP contribution < -0.4 is 5.32 Å². The van der Waals surface area contributed by atoms with Gasteiger partial charge in [0.15, 0.2) is 0 Å². The van der Waals surface area contributed by atoms with Crippen LogP contribution >= 0.6 is 11.3 Å². The molecule has 1 amide bonds. The standard InChI is InChI=1S/C14H16N2O2S/c1-9(17)7-13(18)16-14-11(8-15)10-5-3-2-4-6-12(10)19-14/h2-7H2,1H3,(H,16,18). The van der Waals surface area contributed by atoms with E-state index in [4.69, 9.17) is 0 Å². The zero-order chi connectivity index (χ0) is 13.8. The molecular formula is C14H16N2O2S. The number of Topliss-reactive ketones (excluding diaryl/α,β-unsaturated/α-hetero) is 1. The number of carbonyl (C=O) groups excluding carboxylic acids is 2. The molecule has 0 unspecified atom stereocenters. The predicted octanol–water partition coefficient (Wildman–Crippen LogP) is 2.81. The van der Waals surface area contributed by atoms with Crippen LogP contribution in [0.4, 0.5) is 5.00 Å². The Balaban J connectivity index is 2.24. The number of nitrogens with one attached hydrogen (secondary N) is 1. The monoisotopic (exact) mass is 276 g/mol. The van der Waals surface area contributed by atoms with E-state index in [0.717, 1.165) is 31.2 Å². The van der Waals surface area contributed by atoms with E-state index >= 15 is 0 Å². The summed E-state index contributed by atoms with van der Waals surface area (Å²) in [4.78, 5) is 23.8. The van der Waals surface area contributed by atoms with E-state index in [-0.39, 0.29) is 18.1 Å². The maximum absolute atomic E-state index is 11.6. The SMILES string of the molecule is CC(=O)CC(=O)Nc1sc2c(c1C#N)CCCCC2. The summed E-state index contributed by atoms with van der Waals surface area (Å²) < 4.78 is 0. The second-order valence-electron chi connectivity index (χ2n) is 4.81. The van der Waals surface area contributed by atoms with Crippen molar-refractivity contribution in [2.45, 2.75) is 45.4 Å². The minimum Gasteiger partial charge on any atom is -0.316 e. The van der Waals surface area contributed by atoms with Crippen LogP contribution in [0.1, 0.15) is 48.6 Å². The topological polar surface area (TPSA) is 70.0 Å². The molecule has 4 nitrogen and oxygen atoms in total. The second-order valence-corrected chi connectivity index (χ2v) is 5.91. The third kappa shape index (κ3) is 3.21. The highest BCUT2D eigenvalue weighted by Crippen LogP contribution is 2.36. The fourth-order valence-corrected chi connectivity index (χ4v) is 3.60. The Morgan fingerprint density at radius 3 is 2.74 bits per heavy atom. The number of thiophene rings is 1. The highest BCUT2D eigenvalue weighted by Gasteiger charge is 2.21. The van der Waals surface area contributed by atoms with E-state index in [0.29, 0.717) is 10.6 Å². The van der Waals surface area contributed by atoms with Gasteiger partial charge in [-0.05, 0) is 38.2 Å². The van der Waals surface area contributed by atoms with Crippen molar-refractivity contribution >= 4 is 28.0 Å². The van der Waals surface area contributed by atoms with Gasteiger partial charge < -0.3 is 5.32 Å². The lowest BCUT2D eigenvalue weighted by atomic mass is 10.1. The van der Waals surface area contributed by atoms with E-state index in [1.165, 1.54) is 29.6 Å². The third-order valence-corrected chi connectivity index (χ3v) is 4.40. The van der Waals surface area contributed by atoms with Crippen LogP contribution in [0, 0.1) is 11.3 Å². The molecule has 0 saturated carbocycles. The Morgan fingerprint density at radius 1 is 1.32 bits per heavy atom. The lowest BCUT2D eigenvalue weighted by molar-refractivity contribution is -0.124. The lowest BCUT2D eigenvalue weighted by Crippen LogP contribution is -2.14. The summed E-state index contributed by atoms with van der Waals surface area (Å²) in [5.74, 6) is -0.505. The molecule has 19 heavy (non-hydrogen) atoms. The predicted molar refractivity (Wildman–Crippen MR) is 74.2 cm³/mol. The number of hydrogen-bond donors (Lipinski definition) is 1. The fraction of sp³-hybridized carbons (Fsp3) is 0.500. The number of aryl methyl sites for hydroxylation is 1. The van der Waals surface area contributed by atoms with Gasteiger partial charge in [-0.25, -0.2) is 0 Å². The minimum absolute atomic E-state index is 0.132. The van der Waals surface area contributed by atoms with Gasteiger partial charge in [-0.1, -0.05) is 6.42 Å². The molecule has 0 radical (unpaired) electrons. The molecule has 5 heteroatoms. The Kier molecular flexibility index (Phi) is 4.33. The number of hydrogen-bond acceptors (Lipinski definition) is 4. The Morgan fingerprint density at radius 2 is 2.05 bits per heavy atom. The molecule has 1 N–H and O–H groups in total. The first-order valence-electron chi connectivity index (χ1n) is 6.45. The number of fused-ring (bicyclic) bond motifs is 1. The van der Waals surface area contributed by atoms with E-state index in [9.17, 15) is 14.9 Å². The number of amides is 1. The molecule has 0 fully saturated rings. The molecule has 1 aliphatic rings. The minimum atomic E-state index is -0.333. The number of anilines is 1. The highest BCUT2D eigenvalue weighted by atomic mass is 32.1. The molecular weight excluding hydrogens is 260 g/mol. The number of ketones is 1. The molecule has 0 bridgehead atoms. The average molecular weight is 276 g/mol. The van der Waals surface area contributed by atoms with Crippen LogP contribution in [-0.2, 0) is 22.4 Å². The largest absolute Gasteiger partial charge is 0.316 e. The maximum atomic E-state index is 11.6. The maximum Gasteiger partial charge on any atom is 0.232 e. The van der Waals surface area contributed by atoms with E-state index in [1.54, 1.807) is 0 Å². The number of carbonyl (C=O) groups is 2. The number of nitrogens with zero attached hydrogens (tertiary/aromatic N) is 1. The van der Waals surface area contributed by atoms with E-state index in [1.807, 2.05) is 0 Å². The lowest BCUT2D eigenvalue weighted by Gasteiger charge is -2.02. The van der Waals surface area contributed by atoms with Gasteiger partial charge in [0.05, 0.1) is 12.0 Å². The molecule has 1 aliphatic carbocycles. The van der Waals surface area contributed by atoms with Crippen molar-refractivity contribution in [3.63, 3.8) is 0 Å². The smallest absolute Gasteiger partial charge is 0.232 e. The molecule has 0 spiro atoms. The highest BCUT2D eigenvalue weighted by molar-refractivity contribution is 7.16. The van der Waals surface area contributed by atoms with Gasteiger partial charge in [0.1, 0.15) is 16.9 Å². The van der Waals surface area contributed by atoms with Crippen LogP contribution in [0.5, 0.6) is 0 Å². The van der Waals surface area contributed by atoms with E-state index in [2.05, 4.69) is 11.4 Å². The van der Waals surface area contributed by atoms with Crippen molar-refractivity contribution in [3.05, 3.63) is 16.0 Å². The van der Waals surface area contributed by atoms with Crippen molar-refractivity contribution in [1.29, 1.82) is 5.26 Å². The van der Waals surface area contributed by atoms with Gasteiger partial charge in [-0.2, -0.15) is 5.26 Å². The summed E-state index contributed by atoms with van der Waals surface area (Å²) in [5, 5.41) is 12.6. The van der Waals surface area contributed by atoms with Crippen LogP contribution in [0.25, 0.3) is 0 Å². The molecule has 1 aromatic rings. The summed E-state index contributed by atoms with van der Waals surface area (Å²) in [6.07, 6.45) is 5.19. The molecule has 0 atom stereocenters. The van der Waals surface area contributed by atoms with Gasteiger partial charge in [0.2, 0.25) is 5.91 Å². The summed E-state index contributed by atoms with van der Waals surface area (Å²) in [5.41, 5.74) is 1.70. The second kappa shape index (κ2) is 5.98. The van der Waals surface area contributed by atoms with E-state index < -0.39 is 0 Å². The summed E-state index contributed by atoms with van der Waals surface area (Å²) in [7, 11) is 0. The molecule has 100 valence electrons. The number of rotatable bonds is 3. The van der Waals surface area contributed by atoms with Crippen molar-refractivity contribution in [2.75, 3.05) is 5.32 Å². The first-order chi connectivity index (χ1) is 9.11. The number of nitriles is 1. The first-order valence-corrected chi connectivity index (χ1v) is 7.27. The molecule has 0 aliphatic heterocycles. The average Bonchev–Trinajstić information content (AvgIpc) is 2.51. The van der Waals surface area contributed by atoms with Crippen LogP contribution in [0.15, 0.2) is 0 Å². The zero-order valence-corrected chi connectivity index (χ0v) is 11.7. The van der Waals surface area contributed by atoms with Crippen LogP contribution in [0.3, 0.4) is 0 Å². The summed E-state index contributed by atoms with van der Waals surface area (Å²) in [6.45, 7) is 1.38. The van der Waals surface area contributed by atoms with Crippen molar-refractivity contribution in [2.24, 2.45) is 0 Å². The zero-order valence-electron chi connectivity index (χ0n) is 10.9. The Bertz CT molecular complexity index is 555. The molecule has 0 aromatic carbocycles. The van der Waals surface area contributed by atoms with Gasteiger partial charge in [-0.3, -0.25) is 9.59 Å². The van der Waals surface area contributed by atoms with Gasteiger partial charge in [0.25, 0.3) is 0 Å². The molecule has 1 aromatic heterocycles. The van der Waals surface area contributed by atoms with Crippen molar-refractivity contribution in [1.82, 2.24) is 0 Å². The van der Waals surface area contributed by atoms with Crippen LogP contribution in [-0.4, -0.2) is 11.7 Å². The fourth-order valence-electron chi connectivity index (χ4n) is 2.35.